The van der Waals surface area contributed by atoms with Crippen LogP contribution >= 0.6 is 0 Å². The zero-order chi connectivity index (χ0) is 22.5. The standard InChI is InChI=1S/C21H23F3N2O4/c1-5-26(20(28)14-10-17(29-3)13(2)18(11-14)30-4)12-19(27)25-16-9-7-6-8-15(16)21(22,23)24/h6-11H,5,12H2,1-4H3,(H,25,27). The molecule has 2 aromatic carbocycles. The number of anilines is 1. The van der Waals surface area contributed by atoms with Crippen molar-refractivity contribution in [3.63, 3.8) is 0 Å². The van der Waals surface area contributed by atoms with E-state index in [-0.39, 0.29) is 17.8 Å². The largest absolute Gasteiger partial charge is 0.496 e. The molecular weight excluding hydrogens is 401 g/mol. The SMILES string of the molecule is CCN(CC(=O)Nc1ccccc1C(F)(F)F)C(=O)c1cc(OC)c(C)c(OC)c1. The Labute approximate surface area is 172 Å². The number of ether oxygens (including phenoxy) is 2. The van der Waals surface area contributed by atoms with Crippen LogP contribution < -0.4 is 14.8 Å². The summed E-state index contributed by atoms with van der Waals surface area (Å²) in [6.07, 6.45) is -4.61. The fourth-order valence-electron chi connectivity index (χ4n) is 2.92. The lowest BCUT2D eigenvalue weighted by Gasteiger charge is -2.22. The number of rotatable bonds is 7. The highest BCUT2D eigenvalue weighted by Crippen LogP contribution is 2.34. The number of nitrogens with one attached hydrogen (secondary N) is 1. The summed E-state index contributed by atoms with van der Waals surface area (Å²) in [6, 6.07) is 7.72. The summed E-state index contributed by atoms with van der Waals surface area (Å²) in [4.78, 5) is 26.5. The third-order valence-electron chi connectivity index (χ3n) is 4.51. The number of para-hydroxylation sites is 1. The molecule has 0 saturated heterocycles. The van der Waals surface area contributed by atoms with Gasteiger partial charge in [0.2, 0.25) is 5.91 Å². The van der Waals surface area contributed by atoms with Gasteiger partial charge in [0.15, 0.2) is 0 Å². The van der Waals surface area contributed by atoms with Crippen LogP contribution in [-0.4, -0.2) is 44.0 Å². The van der Waals surface area contributed by atoms with Gasteiger partial charge >= 0.3 is 6.18 Å². The molecule has 0 radical (unpaired) electrons. The number of halogens is 3. The van der Waals surface area contributed by atoms with Crippen LogP contribution in [-0.2, 0) is 11.0 Å². The van der Waals surface area contributed by atoms with E-state index < -0.39 is 30.1 Å². The Hall–Kier alpha value is -3.23. The molecule has 0 aliphatic rings. The van der Waals surface area contributed by atoms with E-state index in [1.165, 1.54) is 43.4 Å². The molecule has 0 fully saturated rings. The third kappa shape index (κ3) is 5.22. The second kappa shape index (κ2) is 9.51. The molecule has 162 valence electrons. The van der Waals surface area contributed by atoms with Crippen molar-refractivity contribution in [2.24, 2.45) is 0 Å². The summed E-state index contributed by atoms with van der Waals surface area (Å²) < 4.78 is 49.9. The van der Waals surface area contributed by atoms with Crippen molar-refractivity contribution in [1.29, 1.82) is 0 Å². The van der Waals surface area contributed by atoms with Crippen LogP contribution in [0.5, 0.6) is 11.5 Å². The highest BCUT2D eigenvalue weighted by atomic mass is 19.4. The van der Waals surface area contributed by atoms with E-state index in [1.54, 1.807) is 13.8 Å². The Morgan fingerprint density at radius 1 is 1.07 bits per heavy atom. The Morgan fingerprint density at radius 3 is 2.13 bits per heavy atom. The molecule has 0 heterocycles. The quantitative estimate of drug-likeness (QED) is 0.726. The summed E-state index contributed by atoms with van der Waals surface area (Å²) in [5.41, 5.74) is -0.376. The zero-order valence-corrected chi connectivity index (χ0v) is 17.1. The first-order valence-corrected chi connectivity index (χ1v) is 9.10. The van der Waals surface area contributed by atoms with Crippen molar-refractivity contribution in [3.8, 4) is 11.5 Å². The lowest BCUT2D eigenvalue weighted by atomic mass is 10.1. The fraction of sp³-hybridized carbons (Fsp3) is 0.333. The van der Waals surface area contributed by atoms with Crippen LogP contribution in [0.1, 0.15) is 28.4 Å². The maximum absolute atomic E-state index is 13.1. The number of hydrogen-bond acceptors (Lipinski definition) is 4. The molecule has 0 atom stereocenters. The second-order valence-corrected chi connectivity index (χ2v) is 6.42. The molecule has 6 nitrogen and oxygen atoms in total. The van der Waals surface area contributed by atoms with E-state index in [1.807, 2.05) is 0 Å². The van der Waals surface area contributed by atoms with E-state index in [0.29, 0.717) is 17.1 Å². The first kappa shape index (κ1) is 23.1. The minimum atomic E-state index is -4.61. The molecule has 30 heavy (non-hydrogen) atoms. The van der Waals surface area contributed by atoms with Crippen molar-refractivity contribution in [2.45, 2.75) is 20.0 Å². The van der Waals surface area contributed by atoms with Crippen molar-refractivity contribution >= 4 is 17.5 Å². The molecule has 2 rings (SSSR count). The number of carbonyl (C=O) groups excluding carboxylic acids is 2. The van der Waals surface area contributed by atoms with Crippen molar-refractivity contribution in [3.05, 3.63) is 53.1 Å². The predicted molar refractivity (Wildman–Crippen MR) is 106 cm³/mol. The van der Waals surface area contributed by atoms with Crippen LogP contribution in [0.25, 0.3) is 0 Å². The molecular formula is C21H23F3N2O4. The number of hydrogen-bond donors (Lipinski definition) is 1. The second-order valence-electron chi connectivity index (χ2n) is 6.42. The summed E-state index contributed by atoms with van der Waals surface area (Å²) in [5, 5.41) is 2.24. The maximum atomic E-state index is 13.1. The first-order chi connectivity index (χ1) is 14.1. The number of alkyl halides is 3. The molecule has 0 saturated carbocycles. The van der Waals surface area contributed by atoms with E-state index in [9.17, 15) is 22.8 Å². The van der Waals surface area contributed by atoms with Crippen molar-refractivity contribution in [2.75, 3.05) is 32.6 Å². The van der Waals surface area contributed by atoms with Gasteiger partial charge < -0.3 is 19.7 Å². The summed E-state index contributed by atoms with van der Waals surface area (Å²) in [7, 11) is 2.91. The van der Waals surface area contributed by atoms with Crippen LogP contribution in [0.4, 0.5) is 18.9 Å². The van der Waals surface area contributed by atoms with Gasteiger partial charge in [-0.25, -0.2) is 0 Å². The summed E-state index contributed by atoms with van der Waals surface area (Å²) >= 11 is 0. The molecule has 0 bridgehead atoms. The van der Waals surface area contributed by atoms with Gasteiger partial charge in [-0.3, -0.25) is 9.59 Å². The lowest BCUT2D eigenvalue weighted by molar-refractivity contribution is -0.137. The number of methoxy groups -OCH3 is 2. The van der Waals surface area contributed by atoms with Crippen molar-refractivity contribution in [1.82, 2.24) is 4.90 Å². The van der Waals surface area contributed by atoms with Crippen LogP contribution in [0.15, 0.2) is 36.4 Å². The van der Waals surface area contributed by atoms with E-state index in [0.717, 1.165) is 12.1 Å². The molecule has 0 aliphatic carbocycles. The Balaban J connectivity index is 2.22. The number of nitrogens with zero attached hydrogens (tertiary/aromatic N) is 1. The normalized spacial score (nSPS) is 11.0. The summed E-state index contributed by atoms with van der Waals surface area (Å²) in [6.45, 7) is 3.19. The van der Waals surface area contributed by atoms with Gasteiger partial charge in [-0.1, -0.05) is 12.1 Å². The number of likely N-dealkylation sites (N-methyl/N-ethyl adjacent to an activating group) is 1. The Bertz CT molecular complexity index is 904. The molecule has 0 unspecified atom stereocenters. The Morgan fingerprint density at radius 2 is 1.63 bits per heavy atom. The van der Waals surface area contributed by atoms with Gasteiger partial charge in [0.05, 0.1) is 25.5 Å². The van der Waals surface area contributed by atoms with E-state index in [2.05, 4.69) is 5.32 Å². The highest BCUT2D eigenvalue weighted by Gasteiger charge is 2.33. The fourth-order valence-corrected chi connectivity index (χ4v) is 2.92. The number of amides is 2. The molecule has 0 spiro atoms. The van der Waals surface area contributed by atoms with E-state index >= 15 is 0 Å². The molecule has 0 aliphatic heterocycles. The number of benzene rings is 2. The minimum Gasteiger partial charge on any atom is -0.496 e. The minimum absolute atomic E-state index is 0.172. The van der Waals surface area contributed by atoms with Gasteiger partial charge in [0.1, 0.15) is 18.0 Å². The van der Waals surface area contributed by atoms with Gasteiger partial charge in [0.25, 0.3) is 5.91 Å². The predicted octanol–water partition coefficient (Wildman–Crippen LogP) is 4.13. The lowest BCUT2D eigenvalue weighted by Crippen LogP contribution is -2.38. The molecule has 2 amide bonds. The molecule has 2 aromatic rings. The van der Waals surface area contributed by atoms with Crippen LogP contribution in [0, 0.1) is 6.92 Å². The number of carbonyl (C=O) groups is 2. The first-order valence-electron chi connectivity index (χ1n) is 9.10. The van der Waals surface area contributed by atoms with Gasteiger partial charge in [-0.2, -0.15) is 13.2 Å². The van der Waals surface area contributed by atoms with Gasteiger partial charge in [-0.15, -0.1) is 0 Å². The smallest absolute Gasteiger partial charge is 0.418 e. The maximum Gasteiger partial charge on any atom is 0.418 e. The Kier molecular flexibility index (Phi) is 7.31. The van der Waals surface area contributed by atoms with Crippen LogP contribution in [0.2, 0.25) is 0 Å². The van der Waals surface area contributed by atoms with E-state index in [4.69, 9.17) is 9.47 Å². The van der Waals surface area contributed by atoms with Gasteiger partial charge in [0, 0.05) is 17.7 Å². The van der Waals surface area contributed by atoms with Gasteiger partial charge in [-0.05, 0) is 38.1 Å². The molecule has 0 aromatic heterocycles. The average molecular weight is 424 g/mol. The molecule has 1 N–H and O–H groups in total. The third-order valence-corrected chi connectivity index (χ3v) is 4.51. The molecule has 9 heteroatoms. The average Bonchev–Trinajstić information content (AvgIpc) is 2.71. The monoisotopic (exact) mass is 424 g/mol. The topological polar surface area (TPSA) is 67.9 Å². The van der Waals surface area contributed by atoms with Crippen molar-refractivity contribution < 1.29 is 32.2 Å². The van der Waals surface area contributed by atoms with Crippen LogP contribution in [0.3, 0.4) is 0 Å². The summed E-state index contributed by atoms with van der Waals surface area (Å²) in [5.74, 6) is -0.337. The highest BCUT2D eigenvalue weighted by molar-refractivity contribution is 6.00. The zero-order valence-electron chi connectivity index (χ0n) is 17.1.